The van der Waals surface area contributed by atoms with Gasteiger partial charge in [-0.05, 0) is 62.1 Å². The van der Waals surface area contributed by atoms with E-state index in [1.54, 1.807) is 4.68 Å². The number of rotatable bonds is 5. The topological polar surface area (TPSA) is 134 Å². The number of carbonyl (C=O) groups is 2. The van der Waals surface area contributed by atoms with Crippen molar-refractivity contribution in [3.05, 3.63) is 52.7 Å². The largest absolute Gasteiger partial charge is 0.465 e. The number of benzene rings is 1. The lowest BCUT2D eigenvalue weighted by Gasteiger charge is -2.38. The average molecular weight is 521 g/mol. The van der Waals surface area contributed by atoms with Crippen LogP contribution in [0.15, 0.2) is 41.6 Å². The van der Waals surface area contributed by atoms with Crippen LogP contribution in [0.1, 0.15) is 50.0 Å². The van der Waals surface area contributed by atoms with Gasteiger partial charge in [0.05, 0.1) is 24.0 Å². The van der Waals surface area contributed by atoms with Gasteiger partial charge in [0.1, 0.15) is 11.7 Å². The molecule has 3 aromatic rings. The summed E-state index contributed by atoms with van der Waals surface area (Å²) in [6, 6.07) is 7.94. The predicted molar refractivity (Wildman–Crippen MR) is 138 cm³/mol. The molecule has 200 valence electrons. The van der Waals surface area contributed by atoms with Gasteiger partial charge in [-0.25, -0.2) is 14.5 Å². The van der Waals surface area contributed by atoms with Crippen LogP contribution in [-0.4, -0.2) is 83.1 Å². The van der Waals surface area contributed by atoms with Gasteiger partial charge in [0.25, 0.3) is 5.56 Å². The van der Waals surface area contributed by atoms with E-state index in [9.17, 15) is 19.5 Å². The molecule has 11 nitrogen and oxygen atoms in total. The Hall–Kier alpha value is -3.73. The molecule has 38 heavy (non-hydrogen) atoms. The Morgan fingerprint density at radius 2 is 1.66 bits per heavy atom. The van der Waals surface area contributed by atoms with Gasteiger partial charge in [-0.15, -0.1) is 0 Å². The Bertz CT molecular complexity index is 1410. The van der Waals surface area contributed by atoms with Gasteiger partial charge < -0.3 is 20.0 Å². The second kappa shape index (κ2) is 9.54. The number of hydrogen-bond acceptors (Lipinski definition) is 6. The molecule has 3 aliphatic rings. The maximum atomic E-state index is 13.2. The van der Waals surface area contributed by atoms with Crippen molar-refractivity contribution in [1.82, 2.24) is 29.1 Å². The molecule has 2 aromatic heterocycles. The van der Waals surface area contributed by atoms with Gasteiger partial charge >= 0.3 is 6.09 Å². The van der Waals surface area contributed by atoms with E-state index in [-0.39, 0.29) is 23.9 Å². The van der Waals surface area contributed by atoms with Crippen molar-refractivity contribution >= 4 is 23.0 Å². The first-order chi connectivity index (χ1) is 18.3. The SMILES string of the molecule is O=C(O)N1CCC(c2ccc(-n3ncc4c(=O)n(CC5(O)CCN(C(=O)C6CC6)CC5)cnc43)cc2)CC1. The summed E-state index contributed by atoms with van der Waals surface area (Å²) in [5.41, 5.74) is 1.07. The molecule has 0 spiro atoms. The van der Waals surface area contributed by atoms with Crippen LogP contribution in [0.3, 0.4) is 0 Å². The zero-order valence-corrected chi connectivity index (χ0v) is 21.2. The Morgan fingerprint density at radius 3 is 2.29 bits per heavy atom. The Kier molecular flexibility index (Phi) is 6.17. The number of aliphatic hydroxyl groups is 1. The highest BCUT2D eigenvalue weighted by molar-refractivity contribution is 5.81. The third kappa shape index (κ3) is 4.66. The van der Waals surface area contributed by atoms with Crippen LogP contribution in [0.5, 0.6) is 0 Å². The molecule has 4 heterocycles. The predicted octanol–water partition coefficient (Wildman–Crippen LogP) is 2.20. The highest BCUT2D eigenvalue weighted by atomic mass is 16.4. The second-order valence-corrected chi connectivity index (χ2v) is 10.9. The molecule has 2 amide bonds. The van der Waals surface area contributed by atoms with Crippen LogP contribution in [0, 0.1) is 5.92 Å². The fourth-order valence-electron chi connectivity index (χ4n) is 5.75. The molecule has 0 atom stereocenters. The molecule has 1 saturated carbocycles. The van der Waals surface area contributed by atoms with E-state index in [0.29, 0.717) is 56.0 Å². The molecule has 2 saturated heterocycles. The van der Waals surface area contributed by atoms with Gasteiger partial charge in [0.2, 0.25) is 5.91 Å². The smallest absolute Gasteiger partial charge is 0.407 e. The quantitative estimate of drug-likeness (QED) is 0.527. The molecule has 1 aromatic carbocycles. The van der Waals surface area contributed by atoms with E-state index < -0.39 is 11.7 Å². The third-order valence-electron chi connectivity index (χ3n) is 8.33. The number of piperidine rings is 2. The van der Waals surface area contributed by atoms with Gasteiger partial charge in [0.15, 0.2) is 5.65 Å². The van der Waals surface area contributed by atoms with Crippen LogP contribution < -0.4 is 5.56 Å². The molecule has 2 N–H and O–H groups in total. The molecule has 11 heteroatoms. The highest BCUT2D eigenvalue weighted by Gasteiger charge is 2.39. The van der Waals surface area contributed by atoms with Gasteiger partial charge in [-0.2, -0.15) is 5.10 Å². The van der Waals surface area contributed by atoms with Gasteiger partial charge in [0, 0.05) is 32.1 Å². The first-order valence-electron chi connectivity index (χ1n) is 13.3. The lowest BCUT2D eigenvalue weighted by Crippen LogP contribution is -2.50. The van der Waals surface area contributed by atoms with E-state index in [1.807, 2.05) is 29.2 Å². The summed E-state index contributed by atoms with van der Waals surface area (Å²) in [5.74, 6) is 0.667. The molecule has 6 rings (SSSR count). The van der Waals surface area contributed by atoms with Crippen LogP contribution >= 0.6 is 0 Å². The normalized spacial score (nSPS) is 20.1. The molecule has 3 fully saturated rings. The number of carbonyl (C=O) groups excluding carboxylic acids is 1. The minimum atomic E-state index is -1.06. The number of amides is 2. The fraction of sp³-hybridized carbons (Fsp3) is 0.519. The van der Waals surface area contributed by atoms with Crippen molar-refractivity contribution in [2.75, 3.05) is 26.2 Å². The number of fused-ring (bicyclic) bond motifs is 1. The summed E-state index contributed by atoms with van der Waals surface area (Å²) < 4.78 is 3.08. The molecule has 0 radical (unpaired) electrons. The van der Waals surface area contributed by atoms with Crippen molar-refractivity contribution in [2.45, 2.75) is 56.6 Å². The summed E-state index contributed by atoms with van der Waals surface area (Å²) >= 11 is 0. The summed E-state index contributed by atoms with van der Waals surface area (Å²) in [7, 11) is 0. The summed E-state index contributed by atoms with van der Waals surface area (Å²) in [4.78, 5) is 44.5. The molecule has 0 unspecified atom stereocenters. The molecule has 1 aliphatic carbocycles. The number of nitrogens with zero attached hydrogens (tertiary/aromatic N) is 6. The Labute approximate surface area is 219 Å². The summed E-state index contributed by atoms with van der Waals surface area (Å²) in [6.07, 6.45) is 6.48. The van der Waals surface area contributed by atoms with Crippen molar-refractivity contribution in [3.8, 4) is 5.69 Å². The molecular weight excluding hydrogens is 488 g/mol. The lowest BCUT2D eigenvalue weighted by atomic mass is 9.89. The van der Waals surface area contributed by atoms with Crippen molar-refractivity contribution in [3.63, 3.8) is 0 Å². The first-order valence-corrected chi connectivity index (χ1v) is 13.3. The first kappa shape index (κ1) is 24.6. The van der Waals surface area contributed by atoms with Gasteiger partial charge in [-0.1, -0.05) is 12.1 Å². The minimum Gasteiger partial charge on any atom is -0.465 e. The van der Waals surface area contributed by atoms with E-state index in [1.165, 1.54) is 22.0 Å². The van der Waals surface area contributed by atoms with E-state index in [0.717, 1.165) is 36.9 Å². The van der Waals surface area contributed by atoms with Crippen molar-refractivity contribution in [2.24, 2.45) is 5.92 Å². The Balaban J connectivity index is 1.15. The molecular formula is C27H32N6O5. The average Bonchev–Trinajstić information content (AvgIpc) is 3.69. The number of carboxylic acid groups (broad SMARTS) is 1. The van der Waals surface area contributed by atoms with Crippen molar-refractivity contribution < 1.29 is 19.8 Å². The van der Waals surface area contributed by atoms with Crippen LogP contribution in [-0.2, 0) is 11.3 Å². The fourth-order valence-corrected chi connectivity index (χ4v) is 5.75. The standard InChI is InChI=1S/C27H32N6O5/c34-24(20-1-2-20)30-13-9-27(38,10-14-30)16-32-17-28-23-22(25(32)35)15-29-33(23)21-5-3-18(4-6-21)19-7-11-31(12-8-19)26(36)37/h3-6,15,17,19-20,38H,1-2,7-14,16H2,(H,36,37). The van der Waals surface area contributed by atoms with Gasteiger partial charge in [-0.3, -0.25) is 14.2 Å². The van der Waals surface area contributed by atoms with E-state index in [4.69, 9.17) is 5.11 Å². The second-order valence-electron chi connectivity index (χ2n) is 10.9. The monoisotopic (exact) mass is 520 g/mol. The number of aromatic nitrogens is 4. The maximum Gasteiger partial charge on any atom is 0.407 e. The maximum absolute atomic E-state index is 13.2. The van der Waals surface area contributed by atoms with Crippen LogP contribution in [0.4, 0.5) is 4.79 Å². The zero-order chi connectivity index (χ0) is 26.4. The van der Waals surface area contributed by atoms with Crippen molar-refractivity contribution in [1.29, 1.82) is 0 Å². The molecule has 2 aliphatic heterocycles. The Morgan fingerprint density at radius 1 is 0.974 bits per heavy atom. The summed E-state index contributed by atoms with van der Waals surface area (Å²) in [6.45, 7) is 2.20. The minimum absolute atomic E-state index is 0.126. The zero-order valence-electron chi connectivity index (χ0n) is 21.2. The lowest BCUT2D eigenvalue weighted by molar-refractivity contribution is -0.137. The number of likely N-dealkylation sites (tertiary alicyclic amines) is 2. The van der Waals surface area contributed by atoms with Crippen LogP contribution in [0.25, 0.3) is 16.7 Å². The van der Waals surface area contributed by atoms with E-state index in [2.05, 4.69) is 10.1 Å². The molecule has 0 bridgehead atoms. The summed E-state index contributed by atoms with van der Waals surface area (Å²) in [5, 5.41) is 25.1. The number of hydrogen-bond donors (Lipinski definition) is 2. The van der Waals surface area contributed by atoms with Crippen LogP contribution in [0.2, 0.25) is 0 Å². The van der Waals surface area contributed by atoms with E-state index >= 15 is 0 Å². The highest BCUT2D eigenvalue weighted by Crippen LogP contribution is 2.33. The third-order valence-corrected chi connectivity index (χ3v) is 8.33.